The molecule has 0 aliphatic heterocycles. The fourth-order valence-corrected chi connectivity index (χ4v) is 3.04. The van der Waals surface area contributed by atoms with Crippen LogP contribution in [-0.2, 0) is 4.74 Å². The van der Waals surface area contributed by atoms with E-state index in [2.05, 4.69) is 27.9 Å². The van der Waals surface area contributed by atoms with Gasteiger partial charge in [-0.1, -0.05) is 11.6 Å². The van der Waals surface area contributed by atoms with Crippen molar-refractivity contribution < 1.29 is 9.53 Å². The molecule has 0 radical (unpaired) electrons. The lowest BCUT2D eigenvalue weighted by Gasteiger charge is -2.20. The average molecular weight is 380 g/mol. The van der Waals surface area contributed by atoms with Crippen molar-refractivity contribution in [2.75, 3.05) is 7.11 Å². The molecule has 1 amide bonds. The lowest BCUT2D eigenvalue weighted by molar-refractivity contribution is 0.0721. The van der Waals surface area contributed by atoms with Crippen molar-refractivity contribution in [3.05, 3.63) is 32.4 Å². The highest BCUT2D eigenvalue weighted by atomic mass is 127. The minimum absolute atomic E-state index is 0.0733. The first-order chi connectivity index (χ1) is 8.61. The zero-order valence-electron chi connectivity index (χ0n) is 10.1. The molecule has 0 aromatic heterocycles. The van der Waals surface area contributed by atoms with E-state index in [0.29, 0.717) is 10.6 Å². The molecule has 0 bridgehead atoms. The molecule has 1 saturated carbocycles. The average Bonchev–Trinajstić information content (AvgIpc) is 2.79. The molecule has 0 saturated heterocycles. The predicted molar refractivity (Wildman–Crippen MR) is 80.1 cm³/mol. The van der Waals surface area contributed by atoms with Gasteiger partial charge < -0.3 is 10.1 Å². The highest BCUT2D eigenvalue weighted by molar-refractivity contribution is 14.1. The Morgan fingerprint density at radius 3 is 3.00 bits per heavy atom. The third-order valence-electron chi connectivity index (χ3n) is 3.24. The standard InChI is InChI=1S/C13H15ClINO2/c1-18-12-4-2-3-11(12)16-13(17)9-7-8(14)5-6-10(9)15/h5-7,11-12H,2-4H2,1H3,(H,16,17). The summed E-state index contributed by atoms with van der Waals surface area (Å²) in [5.74, 6) is -0.0733. The first-order valence-electron chi connectivity index (χ1n) is 5.90. The first-order valence-corrected chi connectivity index (χ1v) is 7.36. The molecule has 5 heteroatoms. The van der Waals surface area contributed by atoms with Crippen LogP contribution in [0, 0.1) is 3.57 Å². The number of ether oxygens (including phenoxy) is 1. The van der Waals surface area contributed by atoms with Crippen LogP contribution < -0.4 is 5.32 Å². The number of amides is 1. The number of methoxy groups -OCH3 is 1. The third-order valence-corrected chi connectivity index (χ3v) is 4.42. The molecule has 1 aliphatic rings. The van der Waals surface area contributed by atoms with Crippen LogP contribution in [0.4, 0.5) is 0 Å². The van der Waals surface area contributed by atoms with Gasteiger partial charge in [0, 0.05) is 15.7 Å². The van der Waals surface area contributed by atoms with Gasteiger partial charge in [0.15, 0.2) is 0 Å². The normalized spacial score (nSPS) is 23.1. The summed E-state index contributed by atoms with van der Waals surface area (Å²) in [6, 6.07) is 5.45. The SMILES string of the molecule is COC1CCCC1NC(=O)c1cc(Cl)ccc1I. The Morgan fingerprint density at radius 1 is 1.50 bits per heavy atom. The van der Waals surface area contributed by atoms with Crippen LogP contribution in [0.25, 0.3) is 0 Å². The smallest absolute Gasteiger partial charge is 0.252 e. The zero-order chi connectivity index (χ0) is 13.1. The number of carbonyl (C=O) groups excluding carboxylic acids is 1. The van der Waals surface area contributed by atoms with E-state index in [1.165, 1.54) is 0 Å². The van der Waals surface area contributed by atoms with Gasteiger partial charge in [0.2, 0.25) is 0 Å². The number of halogens is 2. The summed E-state index contributed by atoms with van der Waals surface area (Å²) < 4.78 is 6.28. The molecule has 3 nitrogen and oxygen atoms in total. The third kappa shape index (κ3) is 3.16. The molecular formula is C13H15ClINO2. The summed E-state index contributed by atoms with van der Waals surface area (Å²) in [6.45, 7) is 0. The molecular weight excluding hydrogens is 365 g/mol. The molecule has 18 heavy (non-hydrogen) atoms. The number of hydrogen-bond acceptors (Lipinski definition) is 2. The van der Waals surface area contributed by atoms with E-state index in [9.17, 15) is 4.79 Å². The fourth-order valence-electron chi connectivity index (χ4n) is 2.29. The topological polar surface area (TPSA) is 38.3 Å². The van der Waals surface area contributed by atoms with Gasteiger partial charge in [0.05, 0.1) is 17.7 Å². The van der Waals surface area contributed by atoms with Crippen LogP contribution >= 0.6 is 34.2 Å². The van der Waals surface area contributed by atoms with Crippen molar-refractivity contribution in [3.8, 4) is 0 Å². The highest BCUT2D eigenvalue weighted by Gasteiger charge is 2.29. The Balaban J connectivity index is 2.09. The van der Waals surface area contributed by atoms with Crippen molar-refractivity contribution in [3.63, 3.8) is 0 Å². The maximum atomic E-state index is 12.2. The number of hydrogen-bond donors (Lipinski definition) is 1. The van der Waals surface area contributed by atoms with E-state index < -0.39 is 0 Å². The van der Waals surface area contributed by atoms with Gasteiger partial charge in [-0.25, -0.2) is 0 Å². The summed E-state index contributed by atoms with van der Waals surface area (Å²) in [4.78, 5) is 12.2. The van der Waals surface area contributed by atoms with Gasteiger partial charge in [-0.05, 0) is 60.1 Å². The van der Waals surface area contributed by atoms with Gasteiger partial charge in [0.1, 0.15) is 0 Å². The van der Waals surface area contributed by atoms with E-state index in [0.717, 1.165) is 22.8 Å². The quantitative estimate of drug-likeness (QED) is 0.819. The van der Waals surface area contributed by atoms with Crippen molar-refractivity contribution in [2.45, 2.75) is 31.4 Å². The second kappa shape index (κ2) is 6.21. The molecule has 1 aliphatic carbocycles. The van der Waals surface area contributed by atoms with Gasteiger partial charge in [0.25, 0.3) is 5.91 Å². The van der Waals surface area contributed by atoms with Gasteiger partial charge >= 0.3 is 0 Å². The minimum atomic E-state index is -0.0733. The van der Waals surface area contributed by atoms with Crippen LogP contribution in [0.15, 0.2) is 18.2 Å². The van der Waals surface area contributed by atoms with Crippen LogP contribution in [0.3, 0.4) is 0 Å². The molecule has 2 rings (SSSR count). The maximum absolute atomic E-state index is 12.2. The van der Waals surface area contributed by atoms with Crippen molar-refractivity contribution in [1.82, 2.24) is 5.32 Å². The second-order valence-electron chi connectivity index (χ2n) is 4.41. The summed E-state index contributed by atoms with van der Waals surface area (Å²) in [5, 5.41) is 3.62. The Morgan fingerprint density at radius 2 is 2.28 bits per heavy atom. The van der Waals surface area contributed by atoms with Crippen LogP contribution in [0.2, 0.25) is 5.02 Å². The molecule has 1 fully saturated rings. The summed E-state index contributed by atoms with van der Waals surface area (Å²) in [6.07, 6.45) is 3.21. The van der Waals surface area contributed by atoms with Gasteiger partial charge in [-0.15, -0.1) is 0 Å². The molecule has 1 aromatic rings. The largest absolute Gasteiger partial charge is 0.379 e. The van der Waals surface area contributed by atoms with Gasteiger partial charge in [-0.2, -0.15) is 0 Å². The summed E-state index contributed by atoms with van der Waals surface area (Å²) in [7, 11) is 1.69. The van der Waals surface area contributed by atoms with Crippen molar-refractivity contribution in [2.24, 2.45) is 0 Å². The van der Waals surface area contributed by atoms with Gasteiger partial charge in [-0.3, -0.25) is 4.79 Å². The lowest BCUT2D eigenvalue weighted by atomic mass is 10.1. The maximum Gasteiger partial charge on any atom is 0.252 e. The predicted octanol–water partition coefficient (Wildman–Crippen LogP) is 3.24. The Hall–Kier alpha value is -0.330. The van der Waals surface area contributed by atoms with Crippen LogP contribution in [-0.4, -0.2) is 25.2 Å². The lowest BCUT2D eigenvalue weighted by Crippen LogP contribution is -2.40. The van der Waals surface area contributed by atoms with E-state index in [1.54, 1.807) is 19.2 Å². The highest BCUT2D eigenvalue weighted by Crippen LogP contribution is 2.23. The molecule has 2 atom stereocenters. The molecule has 1 N–H and O–H groups in total. The minimum Gasteiger partial charge on any atom is -0.379 e. The number of benzene rings is 1. The van der Waals surface area contributed by atoms with Crippen molar-refractivity contribution in [1.29, 1.82) is 0 Å². The van der Waals surface area contributed by atoms with Crippen LogP contribution in [0.1, 0.15) is 29.6 Å². The molecule has 0 spiro atoms. The monoisotopic (exact) mass is 379 g/mol. The summed E-state index contributed by atoms with van der Waals surface area (Å²) in [5.41, 5.74) is 0.629. The van der Waals surface area contributed by atoms with Crippen LogP contribution in [0.5, 0.6) is 0 Å². The second-order valence-corrected chi connectivity index (χ2v) is 6.01. The number of nitrogens with one attached hydrogen (secondary N) is 1. The molecule has 1 aromatic carbocycles. The first kappa shape index (κ1) is 14.1. The van der Waals surface area contributed by atoms with E-state index in [1.807, 2.05) is 6.07 Å². The summed E-state index contributed by atoms with van der Waals surface area (Å²) >= 11 is 8.07. The molecule has 98 valence electrons. The fraction of sp³-hybridized carbons (Fsp3) is 0.462. The molecule has 0 heterocycles. The molecule has 2 unspecified atom stereocenters. The number of rotatable bonds is 3. The number of carbonyl (C=O) groups is 1. The van der Waals surface area contributed by atoms with E-state index in [4.69, 9.17) is 16.3 Å². The zero-order valence-corrected chi connectivity index (χ0v) is 13.0. The van der Waals surface area contributed by atoms with E-state index >= 15 is 0 Å². The van der Waals surface area contributed by atoms with Crippen molar-refractivity contribution >= 4 is 40.1 Å². The Bertz CT molecular complexity index is 453. The van der Waals surface area contributed by atoms with E-state index in [-0.39, 0.29) is 18.1 Å². The Labute approximate surface area is 125 Å². The Kier molecular flexibility index (Phi) is 4.86.